The predicted molar refractivity (Wildman–Crippen MR) is 78.3 cm³/mol. The summed E-state index contributed by atoms with van der Waals surface area (Å²) in [6.07, 6.45) is -2.71. The van der Waals surface area contributed by atoms with Gasteiger partial charge in [0, 0.05) is 6.54 Å². The standard InChI is InChI=1S/C16H22F3NO2/c1-3-15(22,4-2)13-9-5-7-12(11-13)8-6-10-20-14(21)16(17,18)19/h5,7,9,11,22H,3-4,6,8,10H2,1-2H3,(H,20,21). The molecule has 2 N–H and O–H groups in total. The number of nitrogens with one attached hydrogen (secondary N) is 1. The number of aryl methyl sites for hydroxylation is 1. The first kappa shape index (κ1) is 18.5. The van der Waals surface area contributed by atoms with Crippen molar-refractivity contribution < 1.29 is 23.1 Å². The van der Waals surface area contributed by atoms with E-state index in [0.29, 0.717) is 25.7 Å². The minimum atomic E-state index is -4.83. The summed E-state index contributed by atoms with van der Waals surface area (Å²) in [5.74, 6) is -1.91. The van der Waals surface area contributed by atoms with Crippen molar-refractivity contribution in [2.45, 2.75) is 51.3 Å². The summed E-state index contributed by atoms with van der Waals surface area (Å²) in [6, 6.07) is 7.41. The Morgan fingerprint density at radius 3 is 2.41 bits per heavy atom. The smallest absolute Gasteiger partial charge is 0.385 e. The molecule has 22 heavy (non-hydrogen) atoms. The van der Waals surface area contributed by atoms with Gasteiger partial charge in [-0.15, -0.1) is 0 Å². The number of alkyl halides is 3. The highest BCUT2D eigenvalue weighted by atomic mass is 19.4. The van der Waals surface area contributed by atoms with Gasteiger partial charge >= 0.3 is 12.1 Å². The largest absolute Gasteiger partial charge is 0.471 e. The number of halogens is 3. The van der Waals surface area contributed by atoms with Crippen molar-refractivity contribution in [2.24, 2.45) is 0 Å². The van der Waals surface area contributed by atoms with Gasteiger partial charge in [0.15, 0.2) is 0 Å². The molecule has 0 fully saturated rings. The van der Waals surface area contributed by atoms with E-state index < -0.39 is 17.7 Å². The third-order valence-electron chi connectivity index (χ3n) is 3.82. The molecule has 0 atom stereocenters. The highest BCUT2D eigenvalue weighted by molar-refractivity contribution is 5.81. The Balaban J connectivity index is 2.56. The molecule has 1 aromatic carbocycles. The summed E-state index contributed by atoms with van der Waals surface area (Å²) in [6.45, 7) is 3.78. The van der Waals surface area contributed by atoms with Gasteiger partial charge in [-0.1, -0.05) is 38.1 Å². The second-order valence-electron chi connectivity index (χ2n) is 5.30. The van der Waals surface area contributed by atoms with Crippen LogP contribution in [0.15, 0.2) is 24.3 Å². The van der Waals surface area contributed by atoms with Gasteiger partial charge < -0.3 is 10.4 Å². The van der Waals surface area contributed by atoms with Gasteiger partial charge in [0.05, 0.1) is 5.60 Å². The third-order valence-corrected chi connectivity index (χ3v) is 3.82. The molecule has 0 aliphatic heterocycles. The Bertz CT molecular complexity index is 496. The van der Waals surface area contributed by atoms with Crippen molar-refractivity contribution in [1.29, 1.82) is 0 Å². The molecule has 0 heterocycles. The summed E-state index contributed by atoms with van der Waals surface area (Å²) < 4.78 is 36.1. The third kappa shape index (κ3) is 5.02. The summed E-state index contributed by atoms with van der Waals surface area (Å²) in [4.78, 5) is 10.7. The zero-order chi connectivity index (χ0) is 16.8. The van der Waals surface area contributed by atoms with Gasteiger partial charge in [-0.3, -0.25) is 4.79 Å². The predicted octanol–water partition coefficient (Wildman–Crippen LogP) is 3.31. The normalized spacial score (nSPS) is 12.3. The summed E-state index contributed by atoms with van der Waals surface area (Å²) in [7, 11) is 0. The molecule has 6 heteroatoms. The van der Waals surface area contributed by atoms with E-state index in [1.807, 2.05) is 43.4 Å². The van der Waals surface area contributed by atoms with Gasteiger partial charge in [0.25, 0.3) is 0 Å². The Labute approximate surface area is 128 Å². The first-order chi connectivity index (χ1) is 10.2. The first-order valence-electron chi connectivity index (χ1n) is 7.39. The van der Waals surface area contributed by atoms with E-state index in [2.05, 4.69) is 0 Å². The van der Waals surface area contributed by atoms with Crippen LogP contribution < -0.4 is 5.32 Å². The Morgan fingerprint density at radius 1 is 1.23 bits per heavy atom. The molecule has 0 spiro atoms. The summed E-state index contributed by atoms with van der Waals surface area (Å²) in [5, 5.41) is 12.3. The summed E-state index contributed by atoms with van der Waals surface area (Å²) >= 11 is 0. The van der Waals surface area contributed by atoms with Crippen molar-refractivity contribution in [1.82, 2.24) is 5.32 Å². The van der Waals surface area contributed by atoms with E-state index in [-0.39, 0.29) is 6.54 Å². The molecular weight excluding hydrogens is 295 g/mol. The van der Waals surface area contributed by atoms with Crippen LogP contribution in [0, 0.1) is 0 Å². The SMILES string of the molecule is CCC(O)(CC)c1cccc(CCCNC(=O)C(F)(F)F)c1. The molecule has 0 bridgehead atoms. The van der Waals surface area contributed by atoms with Crippen LogP contribution in [0.4, 0.5) is 13.2 Å². The van der Waals surface area contributed by atoms with E-state index in [4.69, 9.17) is 0 Å². The molecule has 124 valence electrons. The molecule has 3 nitrogen and oxygen atoms in total. The minimum absolute atomic E-state index is 0.0333. The number of carbonyl (C=O) groups excluding carboxylic acids is 1. The van der Waals surface area contributed by atoms with Gasteiger partial charge in [-0.05, 0) is 36.8 Å². The molecule has 1 amide bonds. The fourth-order valence-corrected chi connectivity index (χ4v) is 2.27. The maximum atomic E-state index is 12.0. The average molecular weight is 317 g/mol. The van der Waals surface area contributed by atoms with E-state index in [9.17, 15) is 23.1 Å². The Morgan fingerprint density at radius 2 is 1.86 bits per heavy atom. The van der Waals surface area contributed by atoms with Crippen LogP contribution in [0.25, 0.3) is 0 Å². The fraction of sp³-hybridized carbons (Fsp3) is 0.562. The highest BCUT2D eigenvalue weighted by Gasteiger charge is 2.38. The van der Waals surface area contributed by atoms with Crippen LogP contribution in [0.1, 0.15) is 44.2 Å². The van der Waals surface area contributed by atoms with Crippen LogP contribution in [0.5, 0.6) is 0 Å². The molecule has 0 saturated heterocycles. The fourth-order valence-electron chi connectivity index (χ4n) is 2.27. The highest BCUT2D eigenvalue weighted by Crippen LogP contribution is 2.29. The quantitative estimate of drug-likeness (QED) is 0.758. The van der Waals surface area contributed by atoms with Crippen LogP contribution in [0.2, 0.25) is 0 Å². The molecule has 0 radical (unpaired) electrons. The Kier molecular flexibility index (Phi) is 6.41. The molecular formula is C16H22F3NO2. The van der Waals surface area contributed by atoms with E-state index in [1.165, 1.54) is 0 Å². The second-order valence-corrected chi connectivity index (χ2v) is 5.30. The molecule has 0 saturated carbocycles. The van der Waals surface area contributed by atoms with E-state index in [0.717, 1.165) is 11.1 Å². The van der Waals surface area contributed by atoms with Crippen molar-refractivity contribution >= 4 is 5.91 Å². The molecule has 0 unspecified atom stereocenters. The van der Waals surface area contributed by atoms with E-state index in [1.54, 1.807) is 0 Å². The molecule has 1 rings (SSSR count). The second kappa shape index (κ2) is 7.63. The van der Waals surface area contributed by atoms with Crippen LogP contribution >= 0.6 is 0 Å². The lowest BCUT2D eigenvalue weighted by Gasteiger charge is -2.26. The summed E-state index contributed by atoms with van der Waals surface area (Å²) in [5.41, 5.74) is 0.869. The monoisotopic (exact) mass is 317 g/mol. The zero-order valence-corrected chi connectivity index (χ0v) is 12.8. The van der Waals surface area contributed by atoms with Crippen LogP contribution in [0.3, 0.4) is 0 Å². The molecule has 1 aromatic rings. The minimum Gasteiger partial charge on any atom is -0.385 e. The number of benzene rings is 1. The first-order valence-corrected chi connectivity index (χ1v) is 7.39. The van der Waals surface area contributed by atoms with Crippen molar-refractivity contribution in [3.8, 4) is 0 Å². The lowest BCUT2D eigenvalue weighted by molar-refractivity contribution is -0.173. The van der Waals surface area contributed by atoms with Gasteiger partial charge in [-0.2, -0.15) is 13.2 Å². The zero-order valence-electron chi connectivity index (χ0n) is 12.8. The maximum absolute atomic E-state index is 12.0. The van der Waals surface area contributed by atoms with Gasteiger partial charge in [-0.25, -0.2) is 0 Å². The van der Waals surface area contributed by atoms with Gasteiger partial charge in [0.1, 0.15) is 0 Å². The van der Waals surface area contributed by atoms with E-state index >= 15 is 0 Å². The van der Waals surface area contributed by atoms with Crippen LogP contribution in [-0.2, 0) is 16.8 Å². The van der Waals surface area contributed by atoms with Crippen LogP contribution in [-0.4, -0.2) is 23.7 Å². The Hall–Kier alpha value is -1.56. The molecule has 0 aromatic heterocycles. The number of rotatable bonds is 7. The average Bonchev–Trinajstić information content (AvgIpc) is 2.49. The topological polar surface area (TPSA) is 49.3 Å². The van der Waals surface area contributed by atoms with Crippen molar-refractivity contribution in [3.05, 3.63) is 35.4 Å². The number of aliphatic hydroxyl groups is 1. The number of amides is 1. The maximum Gasteiger partial charge on any atom is 0.471 e. The lowest BCUT2D eigenvalue weighted by atomic mass is 9.87. The van der Waals surface area contributed by atoms with Crippen molar-refractivity contribution in [2.75, 3.05) is 6.54 Å². The number of hydrogen-bond acceptors (Lipinski definition) is 2. The number of hydrogen-bond donors (Lipinski definition) is 2. The van der Waals surface area contributed by atoms with Gasteiger partial charge in [0.2, 0.25) is 0 Å². The van der Waals surface area contributed by atoms with Crippen molar-refractivity contribution in [3.63, 3.8) is 0 Å². The molecule has 0 aliphatic rings. The lowest BCUT2D eigenvalue weighted by Crippen LogP contribution is -2.37. The number of carbonyl (C=O) groups is 1. The molecule has 0 aliphatic carbocycles.